The fourth-order valence-electron chi connectivity index (χ4n) is 4.94. The summed E-state index contributed by atoms with van der Waals surface area (Å²) in [5, 5.41) is 0.106. The highest BCUT2D eigenvalue weighted by Gasteiger charge is 2.53. The van der Waals surface area contributed by atoms with Gasteiger partial charge in [0.2, 0.25) is 12.4 Å². The van der Waals surface area contributed by atoms with Crippen molar-refractivity contribution in [3.05, 3.63) is 51.9 Å². The number of fused-ring (bicyclic) bond motifs is 1. The molecule has 1 fully saturated rings. The van der Waals surface area contributed by atoms with Crippen molar-refractivity contribution in [2.24, 2.45) is 0 Å². The zero-order valence-electron chi connectivity index (χ0n) is 29.2. The third kappa shape index (κ3) is 11.5. The van der Waals surface area contributed by atoms with Crippen molar-refractivity contribution < 1.29 is 66.3 Å². The number of ether oxygens (including phenoxy) is 8. The Bertz CT molecular complexity index is 1700. The van der Waals surface area contributed by atoms with Gasteiger partial charge in [-0.3, -0.25) is 24.0 Å². The molecule has 15 heteroatoms. The number of carbonyl (C=O) groups is 5. The average molecular weight is 703 g/mol. The molecule has 0 radical (unpaired) electrons. The summed E-state index contributed by atoms with van der Waals surface area (Å²) in [4.78, 5) is 73.5. The number of allylic oxidation sites excluding steroid dienone is 3. The van der Waals surface area contributed by atoms with E-state index in [0.29, 0.717) is 5.75 Å². The fourth-order valence-corrected chi connectivity index (χ4v) is 4.94. The van der Waals surface area contributed by atoms with Crippen molar-refractivity contribution in [3.8, 4) is 17.2 Å². The highest BCUT2D eigenvalue weighted by molar-refractivity contribution is 5.87. The Hall–Kier alpha value is -5.18. The van der Waals surface area contributed by atoms with E-state index in [9.17, 15) is 28.8 Å². The van der Waals surface area contributed by atoms with E-state index in [-0.39, 0.29) is 23.3 Å². The predicted molar refractivity (Wildman–Crippen MR) is 174 cm³/mol. The molecule has 2 aromatic rings. The highest BCUT2D eigenvalue weighted by atomic mass is 16.7. The van der Waals surface area contributed by atoms with Gasteiger partial charge in [0, 0.05) is 40.7 Å². The fraction of sp³-hybridized carbons (Fsp3) is 0.486. The monoisotopic (exact) mass is 702 g/mol. The Morgan fingerprint density at radius 1 is 0.760 bits per heavy atom. The molecular weight excluding hydrogens is 660 g/mol. The van der Waals surface area contributed by atoms with Gasteiger partial charge in [0.25, 0.3) is 5.75 Å². The number of rotatable bonds is 14. The molecule has 1 aromatic heterocycles. The van der Waals surface area contributed by atoms with Crippen LogP contribution in [0.2, 0.25) is 0 Å². The van der Waals surface area contributed by atoms with Crippen molar-refractivity contribution in [2.45, 2.75) is 98.9 Å². The smallest absolute Gasteiger partial charge is 0.383 e. The van der Waals surface area contributed by atoms with Gasteiger partial charge in [0.1, 0.15) is 30.7 Å². The first-order valence-electron chi connectivity index (χ1n) is 15.7. The molecule has 50 heavy (non-hydrogen) atoms. The molecule has 0 aliphatic carbocycles. The summed E-state index contributed by atoms with van der Waals surface area (Å²) in [6.07, 6.45) is -1.86. The van der Waals surface area contributed by atoms with Crippen LogP contribution in [0.5, 0.6) is 17.2 Å². The van der Waals surface area contributed by atoms with Gasteiger partial charge in [-0.1, -0.05) is 17.2 Å². The summed E-state index contributed by atoms with van der Waals surface area (Å²) in [5.41, 5.74) is 1.22. The maximum absolute atomic E-state index is 13.2. The van der Waals surface area contributed by atoms with Gasteiger partial charge in [0.05, 0.1) is 5.39 Å². The summed E-state index contributed by atoms with van der Waals surface area (Å²) in [7, 11) is 0. The van der Waals surface area contributed by atoms with Gasteiger partial charge in [-0.15, -0.1) is 0 Å². The molecule has 272 valence electrons. The molecule has 0 saturated carbocycles. The van der Waals surface area contributed by atoms with Gasteiger partial charge in [-0.2, -0.15) is 0 Å². The quantitative estimate of drug-likeness (QED) is 0.117. The Balaban J connectivity index is 2.09. The number of benzene rings is 1. The second-order valence-electron chi connectivity index (χ2n) is 11.7. The molecular formula is C35H42O15. The average Bonchev–Trinajstić information content (AvgIpc) is 2.99. The molecule has 0 N–H and O–H groups in total. The summed E-state index contributed by atoms with van der Waals surface area (Å²) in [6.45, 7) is 11.2. The lowest BCUT2D eigenvalue weighted by atomic mass is 9.98. The number of esters is 5. The summed E-state index contributed by atoms with van der Waals surface area (Å²) in [6, 6.07) is 4.47. The predicted octanol–water partition coefficient (Wildman–Crippen LogP) is 4.25. The van der Waals surface area contributed by atoms with Gasteiger partial charge in [-0.05, 0) is 51.8 Å². The molecule has 15 nitrogen and oxygen atoms in total. The second kappa shape index (κ2) is 18.0. The van der Waals surface area contributed by atoms with Crippen molar-refractivity contribution >= 4 is 40.8 Å². The van der Waals surface area contributed by atoms with Crippen LogP contribution in [0.1, 0.15) is 68.2 Å². The third-order valence-corrected chi connectivity index (χ3v) is 6.99. The Labute approximate surface area is 288 Å². The van der Waals surface area contributed by atoms with E-state index in [4.69, 9.17) is 42.3 Å². The van der Waals surface area contributed by atoms with Crippen LogP contribution in [0, 0.1) is 0 Å². The molecule has 0 amide bonds. The van der Waals surface area contributed by atoms with Crippen LogP contribution in [0.4, 0.5) is 0 Å². The lowest BCUT2D eigenvalue weighted by Crippen LogP contribution is -2.63. The van der Waals surface area contributed by atoms with Crippen molar-refractivity contribution in [2.75, 3.05) is 13.2 Å². The van der Waals surface area contributed by atoms with Gasteiger partial charge in [-0.25, -0.2) is 4.79 Å². The maximum atomic E-state index is 13.2. The molecule has 2 heterocycles. The topological polar surface area (TPSA) is 189 Å². The van der Waals surface area contributed by atoms with E-state index in [1.165, 1.54) is 17.7 Å². The van der Waals surface area contributed by atoms with Crippen LogP contribution < -0.4 is 19.8 Å². The van der Waals surface area contributed by atoms with Gasteiger partial charge >= 0.3 is 35.5 Å². The number of hydrogen-bond donors (Lipinski definition) is 0. The van der Waals surface area contributed by atoms with Crippen LogP contribution in [0.3, 0.4) is 0 Å². The van der Waals surface area contributed by atoms with Crippen LogP contribution in [-0.4, -0.2) is 73.8 Å². The SMILES string of the molecule is CC(=O)OC[C@H]1O[C@H](Oc2c(OC(C)=O)c(=O)oc3cc(OC/C=C(\C)CCC=C(C)C)ccc23)[C@@H](OC(C)=O)[C@@H](OC(C)=O)[C@@H]1OC(C)=O. The zero-order chi connectivity index (χ0) is 37.1. The molecule has 1 aliphatic heterocycles. The van der Waals surface area contributed by atoms with Crippen molar-refractivity contribution in [3.63, 3.8) is 0 Å². The second-order valence-corrected chi connectivity index (χ2v) is 11.7. The molecule has 0 spiro atoms. The molecule has 3 rings (SSSR count). The molecule has 1 aliphatic rings. The molecule has 1 saturated heterocycles. The number of hydrogen-bond acceptors (Lipinski definition) is 15. The minimum Gasteiger partial charge on any atom is -0.489 e. The lowest BCUT2D eigenvalue weighted by molar-refractivity contribution is -0.288. The standard InChI is InChI=1S/C35H42O15/c1-18(2)10-9-11-19(3)14-15-42-25-12-13-26-27(16-25)48-34(41)32(46-23(7)39)29(26)50-35-33(47-24(8)40)31(45-22(6)38)30(44-21(5)37)28(49-35)17-43-20(4)36/h10,12-14,16,28,30-31,33,35H,9,11,15,17H2,1-8H3/b19-14+/t28-,30-,31+,33+,35-/m1/s1. The molecule has 0 unspecified atom stereocenters. The Morgan fingerprint density at radius 2 is 1.40 bits per heavy atom. The molecule has 0 bridgehead atoms. The summed E-state index contributed by atoms with van der Waals surface area (Å²) < 4.78 is 50.0. The molecule has 5 atom stereocenters. The lowest BCUT2D eigenvalue weighted by Gasteiger charge is -2.44. The summed E-state index contributed by atoms with van der Waals surface area (Å²) >= 11 is 0. The van der Waals surface area contributed by atoms with Crippen LogP contribution >= 0.6 is 0 Å². The Morgan fingerprint density at radius 3 is 2.00 bits per heavy atom. The van der Waals surface area contributed by atoms with E-state index >= 15 is 0 Å². The minimum absolute atomic E-state index is 0.0340. The van der Waals surface area contributed by atoms with Crippen LogP contribution in [-0.2, 0) is 47.7 Å². The van der Waals surface area contributed by atoms with E-state index in [0.717, 1.165) is 53.0 Å². The van der Waals surface area contributed by atoms with E-state index in [1.807, 2.05) is 26.8 Å². The maximum Gasteiger partial charge on any atom is 0.383 e. The van der Waals surface area contributed by atoms with Crippen LogP contribution in [0.15, 0.2) is 50.7 Å². The molecule has 1 aromatic carbocycles. The van der Waals surface area contributed by atoms with E-state index < -0.39 is 78.5 Å². The van der Waals surface area contributed by atoms with Gasteiger partial charge in [0.15, 0.2) is 18.0 Å². The van der Waals surface area contributed by atoms with Crippen molar-refractivity contribution in [1.82, 2.24) is 0 Å². The first-order valence-corrected chi connectivity index (χ1v) is 15.7. The summed E-state index contributed by atoms with van der Waals surface area (Å²) in [5.74, 6) is -4.84. The van der Waals surface area contributed by atoms with E-state index in [1.54, 1.807) is 6.07 Å². The first-order chi connectivity index (χ1) is 23.5. The van der Waals surface area contributed by atoms with E-state index in [2.05, 4.69) is 6.08 Å². The third-order valence-electron chi connectivity index (χ3n) is 6.99. The minimum atomic E-state index is -1.73. The van der Waals surface area contributed by atoms with Crippen molar-refractivity contribution in [1.29, 1.82) is 0 Å². The first kappa shape index (κ1) is 39.3. The Kier molecular flexibility index (Phi) is 14.1. The van der Waals surface area contributed by atoms with Crippen LogP contribution in [0.25, 0.3) is 11.0 Å². The number of carbonyl (C=O) groups excluding carboxylic acids is 5. The zero-order valence-corrected chi connectivity index (χ0v) is 29.2. The highest BCUT2D eigenvalue weighted by Crippen LogP contribution is 2.38. The normalized spacial score (nSPS) is 20.2. The van der Waals surface area contributed by atoms with Gasteiger partial charge < -0.3 is 42.3 Å². The largest absolute Gasteiger partial charge is 0.489 e.